The van der Waals surface area contributed by atoms with Crippen LogP contribution in [0.25, 0.3) is 11.3 Å². The lowest BCUT2D eigenvalue weighted by Gasteiger charge is -2.21. The summed E-state index contributed by atoms with van der Waals surface area (Å²) in [4.78, 5) is 12.0. The van der Waals surface area contributed by atoms with Gasteiger partial charge in [0, 0.05) is 30.3 Å². The van der Waals surface area contributed by atoms with Crippen LogP contribution in [-0.4, -0.2) is 15.0 Å². The molecule has 3 rings (SSSR count). The third-order valence-electron chi connectivity index (χ3n) is 4.64. The van der Waals surface area contributed by atoms with Crippen molar-refractivity contribution in [2.45, 2.75) is 46.5 Å². The van der Waals surface area contributed by atoms with Crippen molar-refractivity contribution >= 4 is 0 Å². The standard InChI is InChI=1S/C20H23F2N3O/c1-4-20(2,3)10-14-11-23-18(25-14)7-8-19-24-12-17(26-19)13-5-6-15(21)16(22)9-13/h5-6,9,11-12H,4,7-8,10H2,1-3H3,(H,23,25). The van der Waals surface area contributed by atoms with Crippen LogP contribution in [0.2, 0.25) is 0 Å². The molecule has 26 heavy (non-hydrogen) atoms. The highest BCUT2D eigenvalue weighted by molar-refractivity contribution is 5.56. The van der Waals surface area contributed by atoms with Crippen LogP contribution < -0.4 is 0 Å². The Morgan fingerprint density at radius 1 is 1.08 bits per heavy atom. The molecule has 0 bridgehead atoms. The maximum Gasteiger partial charge on any atom is 0.195 e. The van der Waals surface area contributed by atoms with E-state index in [0.29, 0.717) is 30.1 Å². The van der Waals surface area contributed by atoms with Crippen molar-refractivity contribution < 1.29 is 13.2 Å². The average molecular weight is 359 g/mol. The highest BCUT2D eigenvalue weighted by Gasteiger charge is 2.17. The first kappa shape index (κ1) is 18.3. The van der Waals surface area contributed by atoms with E-state index in [1.54, 1.807) is 0 Å². The number of rotatable bonds is 7. The smallest absolute Gasteiger partial charge is 0.195 e. The highest BCUT2D eigenvalue weighted by Crippen LogP contribution is 2.25. The van der Waals surface area contributed by atoms with E-state index in [1.807, 2.05) is 6.20 Å². The monoisotopic (exact) mass is 359 g/mol. The Morgan fingerprint density at radius 3 is 2.62 bits per heavy atom. The van der Waals surface area contributed by atoms with Gasteiger partial charge < -0.3 is 9.40 Å². The number of nitrogens with one attached hydrogen (secondary N) is 1. The summed E-state index contributed by atoms with van der Waals surface area (Å²) in [6.45, 7) is 6.66. The second-order valence-corrected chi connectivity index (χ2v) is 7.30. The van der Waals surface area contributed by atoms with Crippen LogP contribution in [0.5, 0.6) is 0 Å². The van der Waals surface area contributed by atoms with E-state index in [9.17, 15) is 8.78 Å². The number of H-pyrrole nitrogens is 1. The Hall–Kier alpha value is -2.50. The summed E-state index contributed by atoms with van der Waals surface area (Å²) in [5, 5.41) is 0. The first-order valence-electron chi connectivity index (χ1n) is 8.79. The third-order valence-corrected chi connectivity index (χ3v) is 4.64. The number of oxazole rings is 1. The summed E-state index contributed by atoms with van der Waals surface area (Å²) in [7, 11) is 0. The molecule has 0 spiro atoms. The zero-order valence-electron chi connectivity index (χ0n) is 15.3. The molecular weight excluding hydrogens is 336 g/mol. The second-order valence-electron chi connectivity index (χ2n) is 7.30. The number of aromatic nitrogens is 3. The predicted molar refractivity (Wildman–Crippen MR) is 95.6 cm³/mol. The van der Waals surface area contributed by atoms with Crippen LogP contribution in [0.1, 0.15) is 44.6 Å². The zero-order chi connectivity index (χ0) is 18.7. The fourth-order valence-electron chi connectivity index (χ4n) is 2.70. The van der Waals surface area contributed by atoms with Crippen molar-refractivity contribution in [2.24, 2.45) is 5.41 Å². The number of nitrogens with zero attached hydrogens (tertiary/aromatic N) is 2. The number of hydrogen-bond acceptors (Lipinski definition) is 3. The normalized spacial score (nSPS) is 11.9. The number of hydrogen-bond donors (Lipinski definition) is 1. The predicted octanol–water partition coefficient (Wildman–Crippen LogP) is 5.11. The summed E-state index contributed by atoms with van der Waals surface area (Å²) < 4.78 is 32.0. The SMILES string of the molecule is CCC(C)(C)Cc1cnc(CCc2ncc(-c3ccc(F)c(F)c3)o2)[nH]1. The second kappa shape index (κ2) is 7.40. The first-order chi connectivity index (χ1) is 12.4. The zero-order valence-corrected chi connectivity index (χ0v) is 15.3. The molecule has 0 radical (unpaired) electrons. The van der Waals surface area contributed by atoms with Gasteiger partial charge in [-0.1, -0.05) is 27.2 Å². The van der Waals surface area contributed by atoms with Crippen LogP contribution >= 0.6 is 0 Å². The minimum atomic E-state index is -0.904. The maximum atomic E-state index is 13.3. The number of halogens is 2. The van der Waals surface area contributed by atoms with Gasteiger partial charge in [-0.05, 0) is 30.0 Å². The van der Waals surface area contributed by atoms with Gasteiger partial charge in [-0.15, -0.1) is 0 Å². The molecule has 138 valence electrons. The molecule has 0 saturated carbocycles. The van der Waals surface area contributed by atoms with Gasteiger partial charge in [0.15, 0.2) is 23.3 Å². The fourth-order valence-corrected chi connectivity index (χ4v) is 2.70. The van der Waals surface area contributed by atoms with Gasteiger partial charge in [0.1, 0.15) is 5.82 Å². The Labute approximate surface area is 151 Å². The van der Waals surface area contributed by atoms with Crippen molar-refractivity contribution in [2.75, 3.05) is 0 Å². The number of imidazole rings is 1. The molecule has 0 fully saturated rings. The van der Waals surface area contributed by atoms with E-state index in [1.165, 1.54) is 12.3 Å². The number of aromatic amines is 1. The molecule has 1 N–H and O–H groups in total. The van der Waals surface area contributed by atoms with Gasteiger partial charge in [-0.2, -0.15) is 0 Å². The van der Waals surface area contributed by atoms with Gasteiger partial charge in [0.2, 0.25) is 0 Å². The van der Waals surface area contributed by atoms with Gasteiger partial charge in [0.25, 0.3) is 0 Å². The van der Waals surface area contributed by atoms with Gasteiger partial charge in [0.05, 0.1) is 6.20 Å². The fraction of sp³-hybridized carbons (Fsp3) is 0.400. The van der Waals surface area contributed by atoms with Crippen molar-refractivity contribution in [3.8, 4) is 11.3 Å². The van der Waals surface area contributed by atoms with Crippen LogP contribution in [-0.2, 0) is 19.3 Å². The van der Waals surface area contributed by atoms with E-state index in [4.69, 9.17) is 4.42 Å². The molecule has 6 heteroatoms. The van der Waals surface area contributed by atoms with E-state index in [2.05, 4.69) is 35.7 Å². The molecule has 0 unspecified atom stereocenters. The number of aryl methyl sites for hydroxylation is 2. The molecule has 0 aliphatic heterocycles. The largest absolute Gasteiger partial charge is 0.441 e. The van der Waals surface area contributed by atoms with E-state index in [0.717, 1.165) is 36.5 Å². The van der Waals surface area contributed by atoms with Crippen LogP contribution in [0, 0.1) is 17.0 Å². The van der Waals surface area contributed by atoms with Crippen molar-refractivity contribution in [1.29, 1.82) is 0 Å². The van der Waals surface area contributed by atoms with E-state index >= 15 is 0 Å². The maximum absolute atomic E-state index is 13.3. The Bertz CT molecular complexity index is 883. The molecule has 1 aromatic carbocycles. The van der Waals surface area contributed by atoms with Gasteiger partial charge >= 0.3 is 0 Å². The van der Waals surface area contributed by atoms with Crippen molar-refractivity contribution in [1.82, 2.24) is 15.0 Å². The third kappa shape index (κ3) is 4.36. The summed E-state index contributed by atoms with van der Waals surface area (Å²) in [6, 6.07) is 3.65. The molecule has 0 amide bonds. The number of benzene rings is 1. The Kier molecular flexibility index (Phi) is 5.20. The quantitative estimate of drug-likeness (QED) is 0.638. The minimum absolute atomic E-state index is 0.242. The molecule has 2 aromatic heterocycles. The van der Waals surface area contributed by atoms with Crippen molar-refractivity contribution in [3.63, 3.8) is 0 Å². The Balaban J connectivity index is 1.62. The molecule has 4 nitrogen and oxygen atoms in total. The van der Waals surface area contributed by atoms with Gasteiger partial charge in [-0.3, -0.25) is 0 Å². The molecule has 3 aromatic rings. The lowest BCUT2D eigenvalue weighted by Crippen LogP contribution is -2.13. The Morgan fingerprint density at radius 2 is 1.88 bits per heavy atom. The van der Waals surface area contributed by atoms with Gasteiger partial charge in [-0.25, -0.2) is 18.7 Å². The molecular formula is C20H23F2N3O. The molecule has 0 saturated heterocycles. The van der Waals surface area contributed by atoms with Crippen molar-refractivity contribution in [3.05, 3.63) is 59.6 Å². The van der Waals surface area contributed by atoms with E-state index < -0.39 is 11.6 Å². The molecule has 0 aliphatic carbocycles. The van der Waals surface area contributed by atoms with Crippen LogP contribution in [0.15, 0.2) is 35.0 Å². The van der Waals surface area contributed by atoms with Crippen LogP contribution in [0.4, 0.5) is 8.78 Å². The van der Waals surface area contributed by atoms with Crippen LogP contribution in [0.3, 0.4) is 0 Å². The van der Waals surface area contributed by atoms with E-state index in [-0.39, 0.29) is 5.41 Å². The topological polar surface area (TPSA) is 54.7 Å². The summed E-state index contributed by atoms with van der Waals surface area (Å²) in [6.07, 6.45) is 6.71. The lowest BCUT2D eigenvalue weighted by molar-refractivity contribution is 0.346. The highest BCUT2D eigenvalue weighted by atomic mass is 19.2. The average Bonchev–Trinajstić information content (AvgIpc) is 3.24. The molecule has 0 atom stereocenters. The summed E-state index contributed by atoms with van der Waals surface area (Å²) >= 11 is 0. The molecule has 2 heterocycles. The first-order valence-corrected chi connectivity index (χ1v) is 8.79. The summed E-state index contributed by atoms with van der Waals surface area (Å²) in [5.41, 5.74) is 1.83. The minimum Gasteiger partial charge on any atom is -0.441 e. The lowest BCUT2D eigenvalue weighted by atomic mass is 9.85. The summed E-state index contributed by atoms with van der Waals surface area (Å²) in [5.74, 6) is 0.0618. The molecule has 0 aliphatic rings.